The Morgan fingerprint density at radius 2 is 1.43 bits per heavy atom. The van der Waals surface area contributed by atoms with E-state index in [1.165, 1.54) is 22.3 Å². The minimum Gasteiger partial charge on any atom is -0.493 e. The molecule has 278 valence electrons. The van der Waals surface area contributed by atoms with E-state index in [1.54, 1.807) is 30.5 Å². The van der Waals surface area contributed by atoms with Crippen molar-refractivity contribution >= 4 is 24.4 Å². The van der Waals surface area contributed by atoms with E-state index in [2.05, 4.69) is 72.3 Å². The Balaban J connectivity index is 0.00000561. The molecule has 8 nitrogen and oxygen atoms in total. The summed E-state index contributed by atoms with van der Waals surface area (Å²) in [4.78, 5) is 21.9. The van der Waals surface area contributed by atoms with Crippen LogP contribution in [-0.2, 0) is 24.4 Å². The van der Waals surface area contributed by atoms with E-state index < -0.39 is 0 Å². The summed E-state index contributed by atoms with van der Waals surface area (Å²) in [5, 5.41) is 8.97. The van der Waals surface area contributed by atoms with Crippen LogP contribution in [0.3, 0.4) is 0 Å². The first-order chi connectivity index (χ1) is 25.7. The topological polar surface area (TPSA) is 87.9 Å². The van der Waals surface area contributed by atoms with Crippen molar-refractivity contribution < 1.29 is 19.0 Å². The number of piperazine rings is 1. The molecular formula is C45H47ClN4O4. The highest BCUT2D eigenvalue weighted by Crippen LogP contribution is 2.30. The fraction of sp³-hybridized carbons (Fsp3) is 0.267. The quantitative estimate of drug-likeness (QED) is 0.111. The van der Waals surface area contributed by atoms with Crippen LogP contribution in [0, 0.1) is 39.0 Å². The zero-order valence-electron chi connectivity index (χ0n) is 31.4. The van der Waals surface area contributed by atoms with Crippen molar-refractivity contribution in [2.45, 2.75) is 47.3 Å². The Kier molecular flexibility index (Phi) is 13.9. The first kappa shape index (κ1) is 39.6. The molecule has 5 aromatic rings. The molecule has 1 aliphatic heterocycles. The summed E-state index contributed by atoms with van der Waals surface area (Å²) in [6.07, 6.45) is 6.05. The molecule has 0 spiro atoms. The molecule has 0 radical (unpaired) electrons. The maximum atomic E-state index is 13.1. The van der Waals surface area contributed by atoms with Crippen LogP contribution in [0.15, 0.2) is 103 Å². The second-order valence-corrected chi connectivity index (χ2v) is 13.7. The van der Waals surface area contributed by atoms with Crippen molar-refractivity contribution in [1.29, 1.82) is 5.26 Å². The van der Waals surface area contributed by atoms with Gasteiger partial charge in [0.2, 0.25) is 11.8 Å². The predicted octanol–water partition coefficient (Wildman–Crippen LogP) is 8.96. The van der Waals surface area contributed by atoms with Gasteiger partial charge in [0.1, 0.15) is 23.9 Å². The fourth-order valence-corrected chi connectivity index (χ4v) is 6.47. The van der Waals surface area contributed by atoms with E-state index >= 15 is 0 Å². The molecule has 1 saturated heterocycles. The number of halogens is 1. The minimum atomic E-state index is 0. The van der Waals surface area contributed by atoms with Gasteiger partial charge in [0, 0.05) is 51.3 Å². The van der Waals surface area contributed by atoms with E-state index in [9.17, 15) is 4.79 Å². The monoisotopic (exact) mass is 742 g/mol. The number of ether oxygens (including phenoxy) is 3. The van der Waals surface area contributed by atoms with Crippen molar-refractivity contribution in [3.63, 3.8) is 0 Å². The molecule has 9 heteroatoms. The Bertz CT molecular complexity index is 2040. The normalized spacial score (nSPS) is 12.9. The highest BCUT2D eigenvalue weighted by molar-refractivity contribution is 5.92. The number of aryl methyl sites for hydroxylation is 4. The van der Waals surface area contributed by atoms with Gasteiger partial charge in [-0.2, -0.15) is 5.26 Å². The van der Waals surface area contributed by atoms with Gasteiger partial charge in [0.15, 0.2) is 0 Å². The van der Waals surface area contributed by atoms with Gasteiger partial charge in [0.05, 0.1) is 24.4 Å². The molecular weight excluding hydrogens is 696 g/mol. The standard InChI is InChI=1S/C45H46N4O4.ClH/c1-32-23-33(2)25-42(24-32)51-22-17-36-5-9-38(10-6-36)30-48-18-20-49(21-19-48)44(50)16-13-40-26-34(3)45(35(4)27-40)53-43-15-14-41(29-47-43)52-31-39-11-7-37(28-46)8-12-39;/h5-16,23-27,29H,17-22,30-31H2,1-4H3;1H. The SMILES string of the molecule is Cc1cc(C)cc(OCCc2ccc(CN3CCN(C(=O)C=Cc4cc(C)c(Oc5ccc(OCc6ccc(C#N)cc6)cn5)c(C)c4)CC3)cc2)c1.Cl. The molecule has 1 amide bonds. The Morgan fingerprint density at radius 3 is 2.06 bits per heavy atom. The lowest BCUT2D eigenvalue weighted by atomic mass is 10.1. The van der Waals surface area contributed by atoms with Gasteiger partial charge >= 0.3 is 0 Å². The van der Waals surface area contributed by atoms with Gasteiger partial charge in [-0.1, -0.05) is 42.5 Å². The van der Waals surface area contributed by atoms with Gasteiger partial charge in [0.25, 0.3) is 0 Å². The van der Waals surface area contributed by atoms with Crippen LogP contribution in [0.25, 0.3) is 6.08 Å². The molecule has 2 heterocycles. The summed E-state index contributed by atoms with van der Waals surface area (Å²) >= 11 is 0. The number of pyridine rings is 1. The van der Waals surface area contributed by atoms with Crippen molar-refractivity contribution in [3.05, 3.63) is 153 Å². The molecule has 0 atom stereocenters. The number of hydrogen-bond acceptors (Lipinski definition) is 7. The Hall–Kier alpha value is -5.62. The second kappa shape index (κ2) is 18.9. The number of rotatable bonds is 13. The van der Waals surface area contributed by atoms with Crippen LogP contribution in [0.1, 0.15) is 50.1 Å². The van der Waals surface area contributed by atoms with Crippen LogP contribution >= 0.6 is 12.4 Å². The zero-order chi connectivity index (χ0) is 37.2. The molecule has 1 fully saturated rings. The lowest BCUT2D eigenvalue weighted by Crippen LogP contribution is -2.47. The number of amides is 1. The number of carbonyl (C=O) groups excluding carboxylic acids is 1. The molecule has 0 bridgehead atoms. The predicted molar refractivity (Wildman–Crippen MR) is 215 cm³/mol. The van der Waals surface area contributed by atoms with E-state index in [1.807, 2.05) is 55.2 Å². The second-order valence-electron chi connectivity index (χ2n) is 13.7. The minimum absolute atomic E-state index is 0. The number of hydrogen-bond donors (Lipinski definition) is 0. The van der Waals surface area contributed by atoms with Gasteiger partial charge in [-0.25, -0.2) is 4.98 Å². The lowest BCUT2D eigenvalue weighted by molar-refractivity contribution is -0.127. The number of carbonyl (C=O) groups is 1. The van der Waals surface area contributed by atoms with E-state index in [0.29, 0.717) is 43.5 Å². The average Bonchev–Trinajstić information content (AvgIpc) is 3.16. The summed E-state index contributed by atoms with van der Waals surface area (Å²) in [6, 6.07) is 32.2. The summed E-state index contributed by atoms with van der Waals surface area (Å²) < 4.78 is 18.0. The van der Waals surface area contributed by atoms with E-state index in [4.69, 9.17) is 19.5 Å². The third kappa shape index (κ3) is 11.2. The number of nitriles is 1. The summed E-state index contributed by atoms with van der Waals surface area (Å²) in [6.45, 7) is 13.2. The molecule has 0 unspecified atom stereocenters. The smallest absolute Gasteiger partial charge is 0.246 e. The highest BCUT2D eigenvalue weighted by atomic mass is 35.5. The summed E-state index contributed by atoms with van der Waals surface area (Å²) in [7, 11) is 0. The fourth-order valence-electron chi connectivity index (χ4n) is 6.47. The maximum absolute atomic E-state index is 13.1. The Morgan fingerprint density at radius 1 is 0.778 bits per heavy atom. The van der Waals surface area contributed by atoms with Crippen molar-refractivity contribution in [3.8, 4) is 29.2 Å². The largest absolute Gasteiger partial charge is 0.493 e. The molecule has 0 aliphatic carbocycles. The van der Waals surface area contributed by atoms with Crippen molar-refractivity contribution in [2.24, 2.45) is 0 Å². The molecule has 0 saturated carbocycles. The summed E-state index contributed by atoms with van der Waals surface area (Å²) in [5.74, 6) is 2.78. The first-order valence-electron chi connectivity index (χ1n) is 18.1. The van der Waals surface area contributed by atoms with Gasteiger partial charge in [-0.3, -0.25) is 9.69 Å². The molecule has 0 N–H and O–H groups in total. The number of nitrogens with zero attached hydrogens (tertiary/aromatic N) is 4. The Labute approximate surface area is 325 Å². The molecule has 54 heavy (non-hydrogen) atoms. The highest BCUT2D eigenvalue weighted by Gasteiger charge is 2.20. The van der Waals surface area contributed by atoms with Crippen molar-refractivity contribution in [2.75, 3.05) is 32.8 Å². The van der Waals surface area contributed by atoms with Crippen LogP contribution in [0.5, 0.6) is 23.1 Å². The van der Waals surface area contributed by atoms with Gasteiger partial charge in [-0.15, -0.1) is 12.4 Å². The molecule has 1 aromatic heterocycles. The lowest BCUT2D eigenvalue weighted by Gasteiger charge is -2.34. The van der Waals surface area contributed by atoms with Crippen LogP contribution in [0.4, 0.5) is 0 Å². The van der Waals surface area contributed by atoms with Crippen LogP contribution in [0.2, 0.25) is 0 Å². The third-order valence-electron chi connectivity index (χ3n) is 9.27. The number of benzene rings is 4. The van der Waals surface area contributed by atoms with Crippen LogP contribution in [-0.4, -0.2) is 53.5 Å². The first-order valence-corrected chi connectivity index (χ1v) is 18.1. The van der Waals surface area contributed by atoms with Crippen LogP contribution < -0.4 is 14.2 Å². The van der Waals surface area contributed by atoms with Crippen molar-refractivity contribution in [1.82, 2.24) is 14.8 Å². The molecule has 1 aliphatic rings. The average molecular weight is 743 g/mol. The van der Waals surface area contributed by atoms with E-state index in [-0.39, 0.29) is 18.3 Å². The van der Waals surface area contributed by atoms with E-state index in [0.717, 1.165) is 59.8 Å². The molecule has 4 aromatic carbocycles. The summed E-state index contributed by atoms with van der Waals surface area (Å²) in [5.41, 5.74) is 9.40. The number of aromatic nitrogens is 1. The zero-order valence-corrected chi connectivity index (χ0v) is 32.2. The third-order valence-corrected chi connectivity index (χ3v) is 9.27. The molecule has 6 rings (SSSR count). The van der Waals surface area contributed by atoms with Gasteiger partial charge in [-0.05, 0) is 121 Å². The maximum Gasteiger partial charge on any atom is 0.246 e. The van der Waals surface area contributed by atoms with Gasteiger partial charge < -0.3 is 19.1 Å².